The van der Waals surface area contributed by atoms with Crippen LogP contribution >= 0.6 is 92.8 Å². The highest BCUT2D eigenvalue weighted by Gasteiger charge is 2.33. The standard InChI is InChI=1S/C56H42Cl8N8O16/c57-1-9-81-49(73)33-17-25-26(18-34(33)50(74)82-10-2-58)42-65-41(25)69-43-27-19-35(51(75)83-11-3-59)36(52(76)84-12-4-60)20-28(27)45(66-43)71-47-31-23-39(55(79)87-15-7-63)40(56(80)88-16-8-64)24-32(31)48(68-47)72-46-30-22-38(54(78)86-14-6-62)37(53(77)85-13-5-61)21-29(30)44(67-46)70-42/h17-24H,1-16H2,(H2,65,66,67,68,69,70,71,72). The summed E-state index contributed by atoms with van der Waals surface area (Å²) < 4.78 is 43.3. The van der Waals surface area contributed by atoms with Crippen molar-refractivity contribution in [3.8, 4) is 45.6 Å². The number of ether oxygens (including phenoxy) is 8. The highest BCUT2D eigenvalue weighted by Crippen LogP contribution is 2.41. The number of H-pyrrole nitrogens is 2. The molecule has 0 spiro atoms. The van der Waals surface area contributed by atoms with Gasteiger partial charge in [-0.15, -0.1) is 92.8 Å². The van der Waals surface area contributed by atoms with Gasteiger partial charge in [-0.05, 0) is 48.5 Å². The summed E-state index contributed by atoms with van der Waals surface area (Å²) in [6, 6.07) is 10.1. The fourth-order valence-corrected chi connectivity index (χ4v) is 9.62. The summed E-state index contributed by atoms with van der Waals surface area (Å²) in [4.78, 5) is 147. The molecule has 0 aliphatic carbocycles. The van der Waals surface area contributed by atoms with Crippen molar-refractivity contribution in [1.82, 2.24) is 39.9 Å². The van der Waals surface area contributed by atoms with E-state index in [0.717, 1.165) is 0 Å². The van der Waals surface area contributed by atoms with Crippen molar-refractivity contribution in [3.05, 3.63) is 93.0 Å². The van der Waals surface area contributed by atoms with E-state index in [9.17, 15) is 38.4 Å². The number of halogens is 8. The van der Waals surface area contributed by atoms with Crippen molar-refractivity contribution >= 4 is 185 Å². The van der Waals surface area contributed by atoms with Crippen molar-refractivity contribution in [2.24, 2.45) is 0 Å². The zero-order valence-electron chi connectivity index (χ0n) is 45.2. The number of nitrogens with one attached hydrogen (secondary N) is 2. The first-order chi connectivity index (χ1) is 42.6. The molecule has 32 heteroatoms. The molecule has 0 fully saturated rings. The predicted molar refractivity (Wildman–Crippen MR) is 324 cm³/mol. The fraction of sp³-hybridized carbons (Fsp3) is 0.286. The van der Waals surface area contributed by atoms with Crippen molar-refractivity contribution in [3.63, 3.8) is 0 Å². The van der Waals surface area contributed by atoms with Crippen LogP contribution in [0.4, 0.5) is 0 Å². The van der Waals surface area contributed by atoms with Gasteiger partial charge in [-0.1, -0.05) is 0 Å². The van der Waals surface area contributed by atoms with Gasteiger partial charge in [0.25, 0.3) is 0 Å². The summed E-state index contributed by atoms with van der Waals surface area (Å²) in [6.45, 7) is -2.21. The highest BCUT2D eigenvalue weighted by atomic mass is 35.5. The van der Waals surface area contributed by atoms with Gasteiger partial charge in [0.05, 0.1) is 91.5 Å². The van der Waals surface area contributed by atoms with Crippen LogP contribution in [0.1, 0.15) is 82.9 Å². The monoisotopic (exact) mass is 1360 g/mol. The molecule has 2 N–H and O–H groups in total. The summed E-state index contributed by atoms with van der Waals surface area (Å²) in [5, 5.41) is 0.265. The molecule has 24 nitrogen and oxygen atoms in total. The van der Waals surface area contributed by atoms with E-state index in [1.54, 1.807) is 0 Å². The van der Waals surface area contributed by atoms with Gasteiger partial charge in [0, 0.05) is 43.8 Å². The summed E-state index contributed by atoms with van der Waals surface area (Å²) in [5.41, 5.74) is -3.01. The van der Waals surface area contributed by atoms with Crippen LogP contribution in [0.2, 0.25) is 0 Å². The van der Waals surface area contributed by atoms with E-state index in [2.05, 4.69) is 9.97 Å². The van der Waals surface area contributed by atoms with Crippen LogP contribution in [0.3, 0.4) is 0 Å². The van der Waals surface area contributed by atoms with Gasteiger partial charge in [0.1, 0.15) is 75.4 Å². The van der Waals surface area contributed by atoms with Gasteiger partial charge in [-0.3, -0.25) is 0 Å². The number of esters is 8. The summed E-state index contributed by atoms with van der Waals surface area (Å²) in [7, 11) is 0. The van der Waals surface area contributed by atoms with Gasteiger partial charge in [-0.2, -0.15) is 0 Å². The molecule has 2 aliphatic heterocycles. The van der Waals surface area contributed by atoms with E-state index in [1.165, 1.54) is 48.5 Å². The number of rotatable bonds is 24. The largest absolute Gasteiger partial charge is 0.461 e. The van der Waals surface area contributed by atoms with Gasteiger partial charge in [-0.25, -0.2) is 68.3 Å². The molecular formula is C56H42Cl8N8O16. The maximum atomic E-state index is 13.9. The van der Waals surface area contributed by atoms with Crippen LogP contribution in [-0.4, -0.2) is 188 Å². The maximum Gasteiger partial charge on any atom is 0.339 e. The number of carbonyl (C=O) groups excluding carboxylic acids is 8. The Kier molecular flexibility index (Phi) is 21.8. The van der Waals surface area contributed by atoms with Crippen LogP contribution < -0.4 is 0 Å². The average Bonchev–Trinajstić information content (AvgIpc) is 1.73. The van der Waals surface area contributed by atoms with Gasteiger partial charge < -0.3 is 47.9 Å². The average molecular weight is 1370 g/mol. The predicted octanol–water partition coefficient (Wildman–Crippen LogP) is 10.0. The summed E-state index contributed by atoms with van der Waals surface area (Å²) in [6.07, 6.45) is 0. The zero-order chi connectivity index (χ0) is 62.8. The molecular weight excluding hydrogens is 1320 g/mol. The lowest BCUT2D eigenvalue weighted by Crippen LogP contribution is -2.16. The van der Waals surface area contributed by atoms with E-state index in [0.29, 0.717) is 0 Å². The Bertz CT molecular complexity index is 3650. The van der Waals surface area contributed by atoms with Gasteiger partial charge in [0.2, 0.25) is 0 Å². The lowest BCUT2D eigenvalue weighted by atomic mass is 9.98. The first kappa shape index (κ1) is 64.8. The summed E-state index contributed by atoms with van der Waals surface area (Å²) in [5.74, 6) is -9.89. The molecule has 8 bridgehead atoms. The number of aromatic nitrogens is 8. The van der Waals surface area contributed by atoms with E-state index >= 15 is 0 Å². The number of fused-ring (bicyclic) bond motifs is 20. The van der Waals surface area contributed by atoms with E-state index in [4.69, 9.17) is 161 Å². The lowest BCUT2D eigenvalue weighted by molar-refractivity contribution is 0.0482. The molecule has 5 heterocycles. The second kappa shape index (κ2) is 29.5. The molecule has 0 unspecified atom stereocenters. The molecule has 0 atom stereocenters. The van der Waals surface area contributed by atoms with Crippen LogP contribution in [0.25, 0.3) is 89.7 Å². The molecule has 0 saturated heterocycles. The SMILES string of the molecule is O=C(OCCCl)c1cc2c(cc1C(=O)OCCCl)-c1nc-2nc2[nH]c(nc3nc(nc4[nH]c(n1)c1cc(C(=O)OCCCl)c(C(=O)OCCCl)cc41)-c1cc(C(=O)OCCCl)c(C(=O)OCCCl)cc1-3)c1cc(C(=O)OCCCl)c(C(=O)OCCCl)cc21. The van der Waals surface area contributed by atoms with Crippen molar-refractivity contribution in [2.45, 2.75) is 0 Å². The summed E-state index contributed by atoms with van der Waals surface area (Å²) >= 11 is 47.4. The molecule has 0 amide bonds. The number of alkyl halides is 8. The second-order valence-corrected chi connectivity index (χ2v) is 21.0. The van der Waals surface area contributed by atoms with Crippen LogP contribution in [0, 0.1) is 0 Å². The van der Waals surface area contributed by atoms with E-state index in [1.807, 2.05) is 0 Å². The molecule has 4 aromatic carbocycles. The minimum absolute atomic E-state index is 0.0383. The Morgan fingerprint density at radius 3 is 0.580 bits per heavy atom. The Labute approximate surface area is 535 Å². The van der Waals surface area contributed by atoms with Crippen molar-refractivity contribution in [1.29, 1.82) is 0 Å². The number of hydrogen-bond donors (Lipinski definition) is 2. The third-order valence-electron chi connectivity index (χ3n) is 12.6. The fourth-order valence-electron chi connectivity index (χ4n) is 9.00. The Morgan fingerprint density at radius 1 is 0.261 bits per heavy atom. The number of nitrogens with zero attached hydrogens (tertiary/aromatic N) is 6. The van der Waals surface area contributed by atoms with E-state index in [-0.39, 0.29) is 234 Å². The van der Waals surface area contributed by atoms with Crippen molar-refractivity contribution in [2.75, 3.05) is 99.9 Å². The Morgan fingerprint density at radius 2 is 0.420 bits per heavy atom. The second-order valence-electron chi connectivity index (χ2n) is 18.0. The Balaban J connectivity index is 1.51. The highest BCUT2D eigenvalue weighted by molar-refractivity contribution is 6.21. The zero-order valence-corrected chi connectivity index (χ0v) is 51.2. The molecule has 9 rings (SSSR count). The van der Waals surface area contributed by atoms with Gasteiger partial charge in [0.15, 0.2) is 23.3 Å². The third kappa shape index (κ3) is 13.8. The molecule has 458 valence electrons. The van der Waals surface area contributed by atoms with Crippen LogP contribution in [0.5, 0.6) is 0 Å². The van der Waals surface area contributed by atoms with Crippen LogP contribution in [0.15, 0.2) is 48.5 Å². The van der Waals surface area contributed by atoms with Gasteiger partial charge >= 0.3 is 47.8 Å². The molecule has 3 aromatic heterocycles. The topological polar surface area (TPSA) is 319 Å². The molecule has 2 aliphatic rings. The van der Waals surface area contributed by atoms with E-state index < -0.39 is 47.8 Å². The third-order valence-corrected chi connectivity index (χ3v) is 13.9. The first-order valence-electron chi connectivity index (χ1n) is 26.0. The number of hydrogen-bond acceptors (Lipinski definition) is 22. The maximum absolute atomic E-state index is 13.9. The lowest BCUT2D eigenvalue weighted by Gasteiger charge is -2.11. The Hall–Kier alpha value is -7.68. The normalized spacial score (nSPS) is 11.4. The molecule has 88 heavy (non-hydrogen) atoms. The van der Waals surface area contributed by atoms with Crippen molar-refractivity contribution < 1.29 is 76.3 Å². The smallest absolute Gasteiger partial charge is 0.339 e. The number of benzene rings is 4. The number of carbonyl (C=O) groups is 8. The molecule has 0 saturated carbocycles. The first-order valence-corrected chi connectivity index (χ1v) is 30.3. The van der Waals surface area contributed by atoms with Crippen LogP contribution in [-0.2, 0) is 37.9 Å². The molecule has 7 aromatic rings. The minimum Gasteiger partial charge on any atom is -0.461 e. The minimum atomic E-state index is -1.01. The molecule has 0 radical (unpaired) electrons. The number of aromatic amines is 2. The quantitative estimate of drug-likeness (QED) is 0.0323.